The van der Waals surface area contributed by atoms with Gasteiger partial charge in [-0.2, -0.15) is 0 Å². The Balaban J connectivity index is 1.81. The molecule has 3 aromatic rings. The number of hydrogen-bond donors (Lipinski definition) is 2. The van der Waals surface area contributed by atoms with E-state index in [1.54, 1.807) is 0 Å². The molecule has 0 aliphatic heterocycles. The van der Waals surface area contributed by atoms with Crippen LogP contribution in [0, 0.1) is 6.92 Å². The summed E-state index contributed by atoms with van der Waals surface area (Å²) in [7, 11) is 0. The van der Waals surface area contributed by atoms with Crippen LogP contribution in [0.5, 0.6) is 0 Å². The number of nitrogens with one attached hydrogen (secondary N) is 2. The molecular formula is C18H19N3O. The summed E-state index contributed by atoms with van der Waals surface area (Å²) in [5, 5.41) is 3.05. The molecule has 1 atom stereocenters. The molecule has 0 saturated carbocycles. The van der Waals surface area contributed by atoms with Gasteiger partial charge in [0.1, 0.15) is 5.82 Å². The second-order valence-corrected chi connectivity index (χ2v) is 5.44. The van der Waals surface area contributed by atoms with E-state index in [4.69, 9.17) is 0 Å². The summed E-state index contributed by atoms with van der Waals surface area (Å²) in [6.07, 6.45) is 0.775. The Labute approximate surface area is 129 Å². The first-order valence-electron chi connectivity index (χ1n) is 7.49. The average molecular weight is 293 g/mol. The van der Waals surface area contributed by atoms with Gasteiger partial charge in [-0.3, -0.25) is 4.79 Å². The largest absolute Gasteiger partial charge is 0.342 e. The molecule has 22 heavy (non-hydrogen) atoms. The van der Waals surface area contributed by atoms with E-state index < -0.39 is 0 Å². The Bertz CT molecular complexity index is 756. The molecule has 1 aromatic heterocycles. The van der Waals surface area contributed by atoms with Gasteiger partial charge in [-0.1, -0.05) is 36.8 Å². The number of rotatable bonds is 4. The highest BCUT2D eigenvalue weighted by Gasteiger charge is 2.17. The second kappa shape index (κ2) is 6.02. The third-order valence-electron chi connectivity index (χ3n) is 3.77. The van der Waals surface area contributed by atoms with Crippen LogP contribution >= 0.6 is 0 Å². The van der Waals surface area contributed by atoms with Crippen molar-refractivity contribution in [1.29, 1.82) is 0 Å². The maximum absolute atomic E-state index is 12.4. The number of fused-ring (bicyclic) bond motifs is 1. The molecule has 4 nitrogen and oxygen atoms in total. The highest BCUT2D eigenvalue weighted by Crippen LogP contribution is 2.18. The van der Waals surface area contributed by atoms with Crippen molar-refractivity contribution >= 4 is 16.9 Å². The minimum absolute atomic E-state index is 0.0766. The van der Waals surface area contributed by atoms with Gasteiger partial charge in [0.25, 0.3) is 5.91 Å². The van der Waals surface area contributed by atoms with E-state index in [1.807, 2.05) is 62.4 Å². The van der Waals surface area contributed by atoms with E-state index in [9.17, 15) is 4.79 Å². The smallest absolute Gasteiger partial charge is 0.251 e. The summed E-state index contributed by atoms with van der Waals surface area (Å²) in [4.78, 5) is 20.2. The van der Waals surface area contributed by atoms with Crippen LogP contribution in [0.1, 0.15) is 41.1 Å². The molecule has 2 aromatic carbocycles. The number of aromatic nitrogens is 2. The van der Waals surface area contributed by atoms with Gasteiger partial charge in [-0.25, -0.2) is 4.98 Å². The van der Waals surface area contributed by atoms with Crippen molar-refractivity contribution in [3.63, 3.8) is 0 Å². The summed E-state index contributed by atoms with van der Waals surface area (Å²) in [6, 6.07) is 15.3. The highest BCUT2D eigenvalue weighted by molar-refractivity contribution is 5.94. The molecule has 4 heteroatoms. The average Bonchev–Trinajstić information content (AvgIpc) is 2.96. The third kappa shape index (κ3) is 2.86. The molecule has 0 aliphatic carbocycles. The topological polar surface area (TPSA) is 57.8 Å². The minimum Gasteiger partial charge on any atom is -0.342 e. The van der Waals surface area contributed by atoms with Crippen molar-refractivity contribution in [2.24, 2.45) is 0 Å². The van der Waals surface area contributed by atoms with E-state index >= 15 is 0 Å². The minimum atomic E-state index is -0.124. The summed E-state index contributed by atoms with van der Waals surface area (Å²) in [5.74, 6) is 0.719. The summed E-state index contributed by atoms with van der Waals surface area (Å²) < 4.78 is 0. The third-order valence-corrected chi connectivity index (χ3v) is 3.77. The lowest BCUT2D eigenvalue weighted by Gasteiger charge is -2.14. The highest BCUT2D eigenvalue weighted by atomic mass is 16.1. The van der Waals surface area contributed by atoms with Gasteiger partial charge in [0, 0.05) is 5.56 Å². The van der Waals surface area contributed by atoms with Crippen molar-refractivity contribution < 1.29 is 4.79 Å². The molecule has 0 saturated heterocycles. The lowest BCUT2D eigenvalue weighted by Crippen LogP contribution is -2.28. The van der Waals surface area contributed by atoms with E-state index in [0.29, 0.717) is 5.56 Å². The molecule has 1 heterocycles. The number of aryl methyl sites for hydroxylation is 1. The van der Waals surface area contributed by atoms with E-state index in [-0.39, 0.29) is 11.9 Å². The quantitative estimate of drug-likeness (QED) is 0.769. The number of aromatic amines is 1. The van der Waals surface area contributed by atoms with Crippen LogP contribution in [0.3, 0.4) is 0 Å². The van der Waals surface area contributed by atoms with Crippen LogP contribution in [-0.4, -0.2) is 15.9 Å². The molecule has 112 valence electrons. The van der Waals surface area contributed by atoms with Crippen LogP contribution < -0.4 is 5.32 Å². The van der Waals surface area contributed by atoms with Gasteiger partial charge in [-0.15, -0.1) is 0 Å². The lowest BCUT2D eigenvalue weighted by atomic mass is 10.1. The zero-order valence-electron chi connectivity index (χ0n) is 12.8. The van der Waals surface area contributed by atoms with Gasteiger partial charge in [-0.05, 0) is 37.6 Å². The number of nitrogens with zero attached hydrogens (tertiary/aromatic N) is 1. The Morgan fingerprint density at radius 1 is 1.18 bits per heavy atom. The van der Waals surface area contributed by atoms with Crippen molar-refractivity contribution in [1.82, 2.24) is 15.3 Å². The normalized spacial score (nSPS) is 12.3. The number of carbonyl (C=O) groups is 1. The van der Waals surface area contributed by atoms with Gasteiger partial charge < -0.3 is 10.3 Å². The van der Waals surface area contributed by atoms with Crippen LogP contribution in [0.4, 0.5) is 0 Å². The van der Waals surface area contributed by atoms with Crippen LogP contribution in [0.25, 0.3) is 11.0 Å². The zero-order valence-corrected chi connectivity index (χ0v) is 12.8. The van der Waals surface area contributed by atoms with Gasteiger partial charge >= 0.3 is 0 Å². The zero-order chi connectivity index (χ0) is 15.5. The van der Waals surface area contributed by atoms with Crippen molar-refractivity contribution in [3.8, 4) is 0 Å². The van der Waals surface area contributed by atoms with Gasteiger partial charge in [0.2, 0.25) is 0 Å². The fourth-order valence-electron chi connectivity index (χ4n) is 2.45. The summed E-state index contributed by atoms with van der Waals surface area (Å²) in [5.41, 5.74) is 3.71. The van der Waals surface area contributed by atoms with E-state index in [0.717, 1.165) is 28.8 Å². The SMILES string of the molecule is CCC(NC(=O)c1ccc(C)cc1)c1nc2ccccc2[nH]1. The van der Waals surface area contributed by atoms with E-state index in [2.05, 4.69) is 15.3 Å². The Morgan fingerprint density at radius 3 is 2.59 bits per heavy atom. The van der Waals surface area contributed by atoms with Crippen LogP contribution in [0.15, 0.2) is 48.5 Å². The number of imidazole rings is 1. The maximum Gasteiger partial charge on any atom is 0.251 e. The van der Waals surface area contributed by atoms with Crippen LogP contribution in [0.2, 0.25) is 0 Å². The molecule has 0 fully saturated rings. The first-order valence-corrected chi connectivity index (χ1v) is 7.49. The fourth-order valence-corrected chi connectivity index (χ4v) is 2.45. The van der Waals surface area contributed by atoms with Crippen molar-refractivity contribution in [2.75, 3.05) is 0 Å². The lowest BCUT2D eigenvalue weighted by molar-refractivity contribution is 0.0934. The number of amides is 1. The maximum atomic E-state index is 12.4. The molecule has 2 N–H and O–H groups in total. The molecule has 3 rings (SSSR count). The summed E-state index contributed by atoms with van der Waals surface area (Å²) >= 11 is 0. The van der Waals surface area contributed by atoms with Gasteiger partial charge in [0.15, 0.2) is 0 Å². The molecule has 0 aliphatic rings. The molecule has 0 bridgehead atoms. The number of benzene rings is 2. The standard InChI is InChI=1S/C18H19N3O/c1-3-14(17-19-15-6-4-5-7-16(15)20-17)21-18(22)13-10-8-12(2)9-11-13/h4-11,14H,3H2,1-2H3,(H,19,20)(H,21,22). The van der Waals surface area contributed by atoms with Gasteiger partial charge in [0.05, 0.1) is 17.1 Å². The molecule has 1 unspecified atom stereocenters. The number of carbonyl (C=O) groups excluding carboxylic acids is 1. The number of hydrogen-bond acceptors (Lipinski definition) is 2. The Hall–Kier alpha value is -2.62. The molecule has 0 spiro atoms. The Kier molecular flexibility index (Phi) is 3.92. The summed E-state index contributed by atoms with van der Waals surface area (Å²) in [6.45, 7) is 4.04. The van der Waals surface area contributed by atoms with Crippen molar-refractivity contribution in [2.45, 2.75) is 26.3 Å². The predicted molar refractivity (Wildman–Crippen MR) is 87.8 cm³/mol. The first kappa shape index (κ1) is 14.3. The molecular weight excluding hydrogens is 274 g/mol. The second-order valence-electron chi connectivity index (χ2n) is 5.44. The molecule has 1 amide bonds. The number of para-hydroxylation sites is 2. The van der Waals surface area contributed by atoms with Crippen molar-refractivity contribution in [3.05, 3.63) is 65.5 Å². The van der Waals surface area contributed by atoms with Crippen LogP contribution in [-0.2, 0) is 0 Å². The molecule has 0 radical (unpaired) electrons. The Morgan fingerprint density at radius 2 is 1.91 bits per heavy atom. The monoisotopic (exact) mass is 293 g/mol. The first-order chi connectivity index (χ1) is 10.7. The predicted octanol–water partition coefficient (Wildman–Crippen LogP) is 3.75. The van der Waals surface area contributed by atoms with E-state index in [1.165, 1.54) is 0 Å². The fraction of sp³-hybridized carbons (Fsp3) is 0.222. The number of H-pyrrole nitrogens is 1.